The maximum absolute atomic E-state index is 13.6. The van der Waals surface area contributed by atoms with E-state index in [1.54, 1.807) is 13.2 Å². The fourth-order valence-electron chi connectivity index (χ4n) is 3.18. The minimum atomic E-state index is -0.155. The SMILES string of the molecule is C=C(/C=C\C=C/C)C1(c2cccc(F)c2)CCCCC1.CCOC. The molecule has 0 aromatic heterocycles. The quantitative estimate of drug-likeness (QED) is 0.570. The monoisotopic (exact) mass is 330 g/mol. The van der Waals surface area contributed by atoms with Crippen LogP contribution >= 0.6 is 0 Å². The first-order chi connectivity index (χ1) is 11.6. The molecule has 0 spiro atoms. The van der Waals surface area contributed by atoms with E-state index in [0.717, 1.165) is 30.6 Å². The zero-order chi connectivity index (χ0) is 17.8. The number of rotatable bonds is 5. The predicted octanol–water partition coefficient (Wildman–Crippen LogP) is 6.37. The number of ether oxygens (including phenoxy) is 1. The standard InChI is InChI=1S/C19H23F.C3H8O/c1-3-4-6-10-16(2)19(13-7-5-8-14-19)17-11-9-12-18(20)15-17;1-3-4-2/h3-4,6,9-12,15H,2,5,7-8,13-14H2,1H3;3H2,1-2H3/b4-3-,10-6-;. The van der Waals surface area contributed by atoms with Gasteiger partial charge in [0.05, 0.1) is 0 Å². The first-order valence-corrected chi connectivity index (χ1v) is 8.84. The van der Waals surface area contributed by atoms with E-state index in [2.05, 4.69) is 17.4 Å². The van der Waals surface area contributed by atoms with Crippen molar-refractivity contribution in [2.24, 2.45) is 0 Å². The van der Waals surface area contributed by atoms with Gasteiger partial charge in [0.25, 0.3) is 0 Å². The van der Waals surface area contributed by atoms with E-state index in [4.69, 9.17) is 0 Å². The summed E-state index contributed by atoms with van der Waals surface area (Å²) in [5, 5.41) is 0. The molecule has 0 unspecified atom stereocenters. The lowest BCUT2D eigenvalue weighted by Crippen LogP contribution is -2.30. The van der Waals surface area contributed by atoms with Crippen LogP contribution in [0, 0.1) is 5.82 Å². The molecule has 24 heavy (non-hydrogen) atoms. The van der Waals surface area contributed by atoms with Crippen molar-refractivity contribution >= 4 is 0 Å². The lowest BCUT2D eigenvalue weighted by atomic mass is 9.65. The maximum atomic E-state index is 13.6. The van der Waals surface area contributed by atoms with Crippen LogP contribution in [0.1, 0.15) is 51.5 Å². The number of allylic oxidation sites excluding steroid dienone is 5. The van der Waals surface area contributed by atoms with Crippen LogP contribution in [0.25, 0.3) is 0 Å². The largest absolute Gasteiger partial charge is 0.385 e. The third-order valence-corrected chi connectivity index (χ3v) is 4.59. The molecule has 0 heterocycles. The molecule has 0 bridgehead atoms. The molecule has 1 fully saturated rings. The first-order valence-electron chi connectivity index (χ1n) is 8.84. The minimum absolute atomic E-state index is 0.0849. The topological polar surface area (TPSA) is 9.23 Å². The van der Waals surface area contributed by atoms with Gasteiger partial charge in [-0.25, -0.2) is 4.39 Å². The van der Waals surface area contributed by atoms with Crippen molar-refractivity contribution < 1.29 is 9.13 Å². The van der Waals surface area contributed by atoms with Gasteiger partial charge in [-0.15, -0.1) is 0 Å². The van der Waals surface area contributed by atoms with Gasteiger partial charge >= 0.3 is 0 Å². The van der Waals surface area contributed by atoms with Gasteiger partial charge in [0.15, 0.2) is 0 Å². The molecule has 1 aliphatic carbocycles. The highest BCUT2D eigenvalue weighted by Gasteiger charge is 2.35. The van der Waals surface area contributed by atoms with Crippen LogP contribution in [0.3, 0.4) is 0 Å². The summed E-state index contributed by atoms with van der Waals surface area (Å²) in [6, 6.07) is 7.05. The Bertz CT molecular complexity index is 549. The highest BCUT2D eigenvalue weighted by molar-refractivity contribution is 5.41. The van der Waals surface area contributed by atoms with Crippen LogP contribution in [0.15, 0.2) is 60.7 Å². The van der Waals surface area contributed by atoms with E-state index >= 15 is 0 Å². The molecule has 1 aliphatic rings. The molecular weight excluding hydrogens is 299 g/mol. The minimum Gasteiger partial charge on any atom is -0.385 e. The molecule has 2 rings (SSSR count). The van der Waals surface area contributed by atoms with Gasteiger partial charge in [-0.05, 0) is 50.0 Å². The van der Waals surface area contributed by atoms with Crippen molar-refractivity contribution in [1.29, 1.82) is 0 Å². The fraction of sp³-hybridized carbons (Fsp3) is 0.455. The summed E-state index contributed by atoms with van der Waals surface area (Å²) in [7, 11) is 1.68. The van der Waals surface area contributed by atoms with Crippen LogP contribution in [0.2, 0.25) is 0 Å². The van der Waals surface area contributed by atoms with Crippen LogP contribution in [-0.2, 0) is 10.2 Å². The summed E-state index contributed by atoms with van der Waals surface area (Å²) in [6.07, 6.45) is 13.9. The van der Waals surface area contributed by atoms with Crippen LogP contribution in [-0.4, -0.2) is 13.7 Å². The molecule has 0 aliphatic heterocycles. The lowest BCUT2D eigenvalue weighted by Gasteiger charge is -2.39. The molecule has 1 aromatic carbocycles. The molecule has 0 N–H and O–H groups in total. The first kappa shape index (κ1) is 20.4. The second kappa shape index (κ2) is 11.0. The lowest BCUT2D eigenvalue weighted by molar-refractivity contribution is 0.215. The molecule has 1 saturated carbocycles. The van der Waals surface area contributed by atoms with E-state index in [1.807, 2.05) is 44.2 Å². The summed E-state index contributed by atoms with van der Waals surface area (Å²) < 4.78 is 18.1. The summed E-state index contributed by atoms with van der Waals surface area (Å²) >= 11 is 0. The second-order valence-electron chi connectivity index (χ2n) is 6.14. The fourth-order valence-corrected chi connectivity index (χ4v) is 3.18. The Morgan fingerprint density at radius 3 is 2.46 bits per heavy atom. The smallest absolute Gasteiger partial charge is 0.123 e. The molecule has 0 radical (unpaired) electrons. The Balaban J connectivity index is 0.000000648. The number of hydrogen-bond donors (Lipinski definition) is 0. The number of hydrogen-bond acceptors (Lipinski definition) is 1. The Morgan fingerprint density at radius 2 is 1.92 bits per heavy atom. The Hall–Kier alpha value is -1.67. The molecule has 0 saturated heterocycles. The van der Waals surface area contributed by atoms with Crippen molar-refractivity contribution in [2.45, 2.75) is 51.4 Å². The molecule has 132 valence electrons. The van der Waals surface area contributed by atoms with Crippen molar-refractivity contribution in [2.75, 3.05) is 13.7 Å². The summed E-state index contributed by atoms with van der Waals surface area (Å²) in [5.41, 5.74) is 2.09. The van der Waals surface area contributed by atoms with E-state index in [1.165, 1.54) is 25.3 Å². The number of benzene rings is 1. The summed E-state index contributed by atoms with van der Waals surface area (Å²) in [6.45, 7) is 9.06. The average Bonchev–Trinajstić information content (AvgIpc) is 2.62. The van der Waals surface area contributed by atoms with Crippen molar-refractivity contribution in [3.05, 3.63) is 72.1 Å². The third-order valence-electron chi connectivity index (χ3n) is 4.59. The summed E-state index contributed by atoms with van der Waals surface area (Å²) in [4.78, 5) is 0. The predicted molar refractivity (Wildman–Crippen MR) is 102 cm³/mol. The van der Waals surface area contributed by atoms with Gasteiger partial charge in [-0.2, -0.15) is 0 Å². The van der Waals surface area contributed by atoms with Crippen molar-refractivity contribution in [1.82, 2.24) is 0 Å². The third kappa shape index (κ3) is 5.76. The Labute approximate surface area is 146 Å². The number of methoxy groups -OCH3 is 1. The van der Waals surface area contributed by atoms with Crippen molar-refractivity contribution in [3.63, 3.8) is 0 Å². The van der Waals surface area contributed by atoms with Crippen LogP contribution in [0.4, 0.5) is 4.39 Å². The van der Waals surface area contributed by atoms with E-state index in [0.29, 0.717) is 0 Å². The Morgan fingerprint density at radius 1 is 1.25 bits per heavy atom. The van der Waals surface area contributed by atoms with Gasteiger partial charge in [0.1, 0.15) is 5.82 Å². The molecule has 1 nitrogen and oxygen atoms in total. The highest BCUT2D eigenvalue weighted by atomic mass is 19.1. The van der Waals surface area contributed by atoms with Gasteiger partial charge in [0, 0.05) is 19.1 Å². The zero-order valence-corrected chi connectivity index (χ0v) is 15.4. The van der Waals surface area contributed by atoms with E-state index in [9.17, 15) is 4.39 Å². The van der Waals surface area contributed by atoms with Gasteiger partial charge in [-0.3, -0.25) is 0 Å². The zero-order valence-electron chi connectivity index (χ0n) is 15.4. The van der Waals surface area contributed by atoms with E-state index in [-0.39, 0.29) is 11.2 Å². The van der Waals surface area contributed by atoms with Crippen molar-refractivity contribution in [3.8, 4) is 0 Å². The van der Waals surface area contributed by atoms with Gasteiger partial charge in [-0.1, -0.05) is 62.3 Å². The van der Waals surface area contributed by atoms with Crippen LogP contribution < -0.4 is 0 Å². The molecular formula is C22H31FO. The molecule has 0 atom stereocenters. The maximum Gasteiger partial charge on any atom is 0.123 e. The van der Waals surface area contributed by atoms with Gasteiger partial charge in [0.2, 0.25) is 0 Å². The Kier molecular flexibility index (Phi) is 9.33. The molecule has 0 amide bonds. The van der Waals surface area contributed by atoms with Gasteiger partial charge < -0.3 is 4.74 Å². The second-order valence-corrected chi connectivity index (χ2v) is 6.14. The number of halogens is 1. The highest BCUT2D eigenvalue weighted by Crippen LogP contribution is 2.45. The van der Waals surface area contributed by atoms with E-state index < -0.39 is 0 Å². The summed E-state index contributed by atoms with van der Waals surface area (Å²) in [5.74, 6) is -0.155. The molecule has 2 heteroatoms. The normalized spacial score (nSPS) is 16.8. The van der Waals surface area contributed by atoms with Crippen LogP contribution in [0.5, 0.6) is 0 Å². The average molecular weight is 330 g/mol. The molecule has 1 aromatic rings.